The van der Waals surface area contributed by atoms with Gasteiger partial charge in [-0.25, -0.2) is 0 Å². The van der Waals surface area contributed by atoms with E-state index >= 15 is 0 Å². The first kappa shape index (κ1) is 56.3. The number of ether oxygens (including phenoxy) is 4. The smallest absolute Gasteiger partial charge is 0.325 e. The quantitative estimate of drug-likeness (QED) is 0.103. The van der Waals surface area contributed by atoms with Gasteiger partial charge in [0.05, 0.1) is 19.8 Å². The van der Waals surface area contributed by atoms with Gasteiger partial charge in [-0.15, -0.1) is 12.4 Å². The molecule has 0 aliphatic carbocycles. The predicted octanol–water partition coefficient (Wildman–Crippen LogP) is 3.90. The monoisotopic (exact) mass is 690 g/mol. The van der Waals surface area contributed by atoms with Crippen LogP contribution in [-0.2, 0) is 38.1 Å². The molecule has 0 rings (SSSR count). The molecule has 0 aromatic carbocycles. The summed E-state index contributed by atoms with van der Waals surface area (Å²) >= 11 is 0. The maximum Gasteiger partial charge on any atom is 0.325 e. The molecule has 0 aromatic rings. The number of aliphatic hydroxyl groups excluding tert-OH is 1. The predicted molar refractivity (Wildman–Crippen MR) is 188 cm³/mol. The summed E-state index contributed by atoms with van der Waals surface area (Å²) in [5, 5.41) is 7.88. The van der Waals surface area contributed by atoms with Crippen LogP contribution in [0, 0.1) is 0 Å². The fourth-order valence-corrected chi connectivity index (χ4v) is 1.61. The zero-order valence-corrected chi connectivity index (χ0v) is 32.7. The molecule has 0 bridgehead atoms. The van der Waals surface area contributed by atoms with Gasteiger partial charge in [-0.2, -0.15) is 0 Å². The SMILES string of the molecule is CC(C)(N)OC=O.CCCO.CCCOC(=O)C(C)(C)N.CCCOC(=O)C(C)(C)N(C)C.CCCOC(=O)C(C)(C)N(C)C.Cl. The van der Waals surface area contributed by atoms with Gasteiger partial charge in [0.2, 0.25) is 0 Å². The first-order valence-electron chi connectivity index (χ1n) is 15.5. The van der Waals surface area contributed by atoms with Crippen LogP contribution in [0.25, 0.3) is 0 Å². The van der Waals surface area contributed by atoms with E-state index in [1.165, 1.54) is 0 Å². The van der Waals surface area contributed by atoms with Crippen LogP contribution in [0.15, 0.2) is 0 Å². The number of likely N-dealkylation sites (N-methyl/N-ethyl adjacent to an activating group) is 2. The van der Waals surface area contributed by atoms with Crippen LogP contribution >= 0.6 is 12.4 Å². The van der Waals surface area contributed by atoms with E-state index in [4.69, 9.17) is 30.8 Å². The number of carbonyl (C=O) groups excluding carboxylic acids is 4. The first-order chi connectivity index (χ1) is 20.3. The summed E-state index contributed by atoms with van der Waals surface area (Å²) in [7, 11) is 7.47. The summed E-state index contributed by atoms with van der Waals surface area (Å²) in [5.41, 5.74) is 7.93. The van der Waals surface area contributed by atoms with Crippen molar-refractivity contribution in [2.75, 3.05) is 54.6 Å². The van der Waals surface area contributed by atoms with Crippen LogP contribution in [0.2, 0.25) is 0 Å². The maximum atomic E-state index is 11.4. The number of halogens is 1. The largest absolute Gasteiger partial charge is 0.464 e. The molecule has 46 heavy (non-hydrogen) atoms. The summed E-state index contributed by atoms with van der Waals surface area (Å²) in [6, 6.07) is 0. The second kappa shape index (κ2) is 30.3. The van der Waals surface area contributed by atoms with Gasteiger partial charge in [-0.05, 0) is 109 Å². The summed E-state index contributed by atoms with van der Waals surface area (Å²) in [6.45, 7) is 23.8. The van der Waals surface area contributed by atoms with Crippen LogP contribution in [-0.4, -0.2) is 116 Å². The summed E-state index contributed by atoms with van der Waals surface area (Å²) < 4.78 is 19.2. The van der Waals surface area contributed by atoms with Gasteiger partial charge in [-0.1, -0.05) is 27.7 Å². The van der Waals surface area contributed by atoms with E-state index in [1.807, 2.05) is 93.4 Å². The van der Waals surface area contributed by atoms with Crippen molar-refractivity contribution >= 4 is 36.8 Å². The van der Waals surface area contributed by atoms with Gasteiger partial charge in [0.15, 0.2) is 5.72 Å². The van der Waals surface area contributed by atoms with Crippen molar-refractivity contribution in [2.45, 2.75) is 131 Å². The molecule has 13 nitrogen and oxygen atoms in total. The third-order valence-electron chi connectivity index (χ3n) is 5.65. The molecule has 280 valence electrons. The van der Waals surface area contributed by atoms with Crippen molar-refractivity contribution in [1.82, 2.24) is 9.80 Å². The molecule has 0 unspecified atom stereocenters. The Kier molecular flexibility index (Phi) is 37.1. The lowest BCUT2D eigenvalue weighted by Gasteiger charge is -2.29. The van der Waals surface area contributed by atoms with Crippen molar-refractivity contribution in [1.29, 1.82) is 0 Å². The third kappa shape index (κ3) is 34.8. The summed E-state index contributed by atoms with van der Waals surface area (Å²) in [6.07, 6.45) is 3.45. The van der Waals surface area contributed by atoms with Crippen LogP contribution in [0.1, 0.15) is 109 Å². The molecular formula is C32H71ClN4O9. The normalized spacial score (nSPS) is 10.9. The number of hydrogen-bond donors (Lipinski definition) is 3. The van der Waals surface area contributed by atoms with Crippen molar-refractivity contribution < 1.29 is 43.2 Å². The minimum Gasteiger partial charge on any atom is -0.464 e. The average molecular weight is 691 g/mol. The molecule has 0 saturated heterocycles. The molecule has 14 heteroatoms. The molecule has 0 amide bonds. The lowest BCUT2D eigenvalue weighted by Crippen LogP contribution is -2.46. The molecule has 0 aliphatic heterocycles. The van der Waals surface area contributed by atoms with Crippen molar-refractivity contribution in [3.8, 4) is 0 Å². The van der Waals surface area contributed by atoms with Crippen LogP contribution < -0.4 is 11.5 Å². The molecule has 0 spiro atoms. The zero-order chi connectivity index (χ0) is 37.1. The molecular weight excluding hydrogens is 620 g/mol. The van der Waals surface area contributed by atoms with Gasteiger partial charge < -0.3 is 29.8 Å². The highest BCUT2D eigenvalue weighted by Gasteiger charge is 2.32. The molecule has 5 N–H and O–H groups in total. The maximum absolute atomic E-state index is 11.4. The standard InChI is InChI=1S/2C9H19NO2.C7H15NO2.C4H9NO2.C3H8O.ClH/c2*1-6-7-12-8(11)9(2,3)10(4)5;1-4-5-10-6(9)7(2,3)8;1-4(2,5)7-3-6;1-2-3-4;/h2*6-7H2,1-5H3;4-5,8H2,1-3H3;3H,5H2,1-2H3;4H,2-3H2,1H3;1H. The molecule has 0 atom stereocenters. The number of hydrogen-bond acceptors (Lipinski definition) is 13. The second-order valence-corrected chi connectivity index (χ2v) is 12.6. The number of rotatable bonds is 14. The second-order valence-electron chi connectivity index (χ2n) is 12.6. The van der Waals surface area contributed by atoms with Gasteiger partial charge in [0.25, 0.3) is 6.47 Å². The zero-order valence-electron chi connectivity index (χ0n) is 31.9. The lowest BCUT2D eigenvalue weighted by atomic mass is 10.1. The Balaban J connectivity index is -0.000000112. The van der Waals surface area contributed by atoms with E-state index in [-0.39, 0.29) is 30.3 Å². The van der Waals surface area contributed by atoms with Crippen LogP contribution in [0.3, 0.4) is 0 Å². The Bertz CT molecular complexity index is 728. The van der Waals surface area contributed by atoms with E-state index in [0.717, 1.165) is 25.7 Å². The Morgan fingerprint density at radius 2 is 0.891 bits per heavy atom. The molecule has 0 saturated carbocycles. The number of nitrogens with zero attached hydrogens (tertiary/aromatic N) is 2. The van der Waals surface area contributed by atoms with E-state index in [1.54, 1.807) is 27.7 Å². The summed E-state index contributed by atoms with van der Waals surface area (Å²) in [4.78, 5) is 46.9. The number of nitrogens with two attached hydrogens (primary N) is 2. The summed E-state index contributed by atoms with van der Waals surface area (Å²) in [5.74, 6) is -0.655. The van der Waals surface area contributed by atoms with Gasteiger partial charge in [0, 0.05) is 6.61 Å². The van der Waals surface area contributed by atoms with Crippen LogP contribution in [0.5, 0.6) is 0 Å². The van der Waals surface area contributed by atoms with Crippen molar-refractivity contribution in [3.05, 3.63) is 0 Å². The van der Waals surface area contributed by atoms with Gasteiger partial charge in [-0.3, -0.25) is 34.7 Å². The number of aliphatic hydroxyl groups is 1. The molecule has 0 fully saturated rings. The van der Waals surface area contributed by atoms with Gasteiger partial charge >= 0.3 is 17.9 Å². The van der Waals surface area contributed by atoms with Gasteiger partial charge in [0.1, 0.15) is 16.6 Å². The Morgan fingerprint density at radius 3 is 1.02 bits per heavy atom. The van der Waals surface area contributed by atoms with E-state index in [2.05, 4.69) is 4.74 Å². The lowest BCUT2D eigenvalue weighted by molar-refractivity contribution is -0.155. The van der Waals surface area contributed by atoms with E-state index in [0.29, 0.717) is 32.9 Å². The fraction of sp³-hybridized carbons (Fsp3) is 0.875. The molecule has 0 aromatic heterocycles. The van der Waals surface area contributed by atoms with Crippen LogP contribution in [0.4, 0.5) is 0 Å². The van der Waals surface area contributed by atoms with E-state index < -0.39 is 22.3 Å². The highest BCUT2D eigenvalue weighted by atomic mass is 35.5. The average Bonchev–Trinajstić information content (AvgIpc) is 2.92. The van der Waals surface area contributed by atoms with Crippen molar-refractivity contribution in [2.24, 2.45) is 11.5 Å². The molecule has 0 aliphatic rings. The molecule has 0 radical (unpaired) electrons. The van der Waals surface area contributed by atoms with Crippen molar-refractivity contribution in [3.63, 3.8) is 0 Å². The minimum absolute atomic E-state index is 0. The molecule has 0 heterocycles. The minimum atomic E-state index is -0.852. The highest BCUT2D eigenvalue weighted by molar-refractivity contribution is 5.85. The van der Waals surface area contributed by atoms with E-state index in [9.17, 15) is 19.2 Å². The Hall–Kier alpha value is -2.03. The fourth-order valence-electron chi connectivity index (χ4n) is 1.61. The number of esters is 3. The Morgan fingerprint density at radius 1 is 0.630 bits per heavy atom. The topological polar surface area (TPSA) is 184 Å². The number of carbonyl (C=O) groups is 4. The third-order valence-corrected chi connectivity index (χ3v) is 5.65. The highest BCUT2D eigenvalue weighted by Crippen LogP contribution is 2.13. The Labute approximate surface area is 286 Å². The first-order valence-corrected chi connectivity index (χ1v) is 15.5.